The predicted molar refractivity (Wildman–Crippen MR) is 73.5 cm³/mol. The molecule has 0 spiro atoms. The zero-order chi connectivity index (χ0) is 13.0. The summed E-state index contributed by atoms with van der Waals surface area (Å²) in [5.41, 5.74) is 1.09. The van der Waals surface area contributed by atoms with E-state index in [1.807, 2.05) is 19.1 Å². The number of hydrogen-bond acceptors (Lipinski definition) is 3. The average molecular weight is 267 g/mol. The lowest BCUT2D eigenvalue weighted by atomic mass is 10.0. The fraction of sp³-hybridized carbons (Fsp3) is 0.571. The van der Waals surface area contributed by atoms with Crippen LogP contribution in [0.5, 0.6) is 0 Å². The van der Waals surface area contributed by atoms with Crippen molar-refractivity contribution in [2.45, 2.75) is 43.5 Å². The molecule has 1 heterocycles. The van der Waals surface area contributed by atoms with Gasteiger partial charge in [0.05, 0.1) is 10.6 Å². The van der Waals surface area contributed by atoms with Crippen molar-refractivity contribution >= 4 is 9.84 Å². The smallest absolute Gasteiger partial charge is 0.178 e. The van der Waals surface area contributed by atoms with Gasteiger partial charge >= 0.3 is 0 Å². The normalized spacial score (nSPS) is 20.8. The summed E-state index contributed by atoms with van der Waals surface area (Å²) in [7, 11) is -3.12. The minimum absolute atomic E-state index is 0.244. The molecule has 3 nitrogen and oxygen atoms in total. The monoisotopic (exact) mass is 267 g/mol. The van der Waals surface area contributed by atoms with Gasteiger partial charge in [0.1, 0.15) is 0 Å². The molecule has 1 unspecified atom stereocenters. The molecular weight excluding hydrogens is 246 g/mol. The van der Waals surface area contributed by atoms with Crippen molar-refractivity contribution in [1.29, 1.82) is 0 Å². The fourth-order valence-corrected chi connectivity index (χ4v) is 3.71. The minimum Gasteiger partial charge on any atom is -0.314 e. The summed E-state index contributed by atoms with van der Waals surface area (Å²) in [5.74, 6) is 0.244. The quantitative estimate of drug-likeness (QED) is 0.910. The Bertz CT molecular complexity index is 473. The third kappa shape index (κ3) is 3.56. The fourth-order valence-electron chi connectivity index (χ4n) is 2.33. The maximum atomic E-state index is 12.2. The average Bonchev–Trinajstić information content (AvgIpc) is 2.38. The molecule has 0 aromatic heterocycles. The van der Waals surface area contributed by atoms with E-state index >= 15 is 0 Å². The van der Waals surface area contributed by atoms with Crippen LogP contribution in [-0.2, 0) is 9.84 Å². The third-order valence-electron chi connectivity index (χ3n) is 3.53. The summed E-state index contributed by atoms with van der Waals surface area (Å²) in [4.78, 5) is 0.448. The summed E-state index contributed by atoms with van der Waals surface area (Å²) < 4.78 is 24.3. The zero-order valence-electron chi connectivity index (χ0n) is 10.9. The van der Waals surface area contributed by atoms with Gasteiger partial charge in [-0.3, -0.25) is 0 Å². The van der Waals surface area contributed by atoms with Crippen molar-refractivity contribution in [3.05, 3.63) is 29.8 Å². The number of benzene rings is 1. The van der Waals surface area contributed by atoms with Crippen LogP contribution in [0.1, 0.15) is 31.2 Å². The summed E-state index contributed by atoms with van der Waals surface area (Å²) in [5, 5.41) is 3.39. The first kappa shape index (κ1) is 13.6. The van der Waals surface area contributed by atoms with Crippen molar-refractivity contribution in [3.63, 3.8) is 0 Å². The van der Waals surface area contributed by atoms with Crippen molar-refractivity contribution in [1.82, 2.24) is 5.32 Å². The van der Waals surface area contributed by atoms with Gasteiger partial charge in [0.2, 0.25) is 0 Å². The van der Waals surface area contributed by atoms with Crippen LogP contribution in [0.3, 0.4) is 0 Å². The second-order valence-electron chi connectivity index (χ2n) is 5.07. The summed E-state index contributed by atoms with van der Waals surface area (Å²) >= 11 is 0. The lowest BCUT2D eigenvalue weighted by Gasteiger charge is -2.23. The van der Waals surface area contributed by atoms with E-state index in [-0.39, 0.29) is 5.75 Å². The highest BCUT2D eigenvalue weighted by Gasteiger charge is 2.18. The van der Waals surface area contributed by atoms with Gasteiger partial charge in [-0.15, -0.1) is 0 Å². The van der Waals surface area contributed by atoms with Crippen LogP contribution in [0.15, 0.2) is 29.2 Å². The minimum atomic E-state index is -3.12. The lowest BCUT2D eigenvalue weighted by Crippen LogP contribution is -2.35. The number of rotatable bonds is 4. The van der Waals surface area contributed by atoms with Gasteiger partial charge in [-0.05, 0) is 44.9 Å². The highest BCUT2D eigenvalue weighted by molar-refractivity contribution is 7.91. The van der Waals surface area contributed by atoms with E-state index in [1.165, 1.54) is 12.8 Å². The van der Waals surface area contributed by atoms with E-state index in [0.29, 0.717) is 10.9 Å². The number of sulfone groups is 1. The second-order valence-corrected chi connectivity index (χ2v) is 7.18. The first-order valence-corrected chi connectivity index (χ1v) is 8.26. The Morgan fingerprint density at radius 1 is 1.22 bits per heavy atom. The van der Waals surface area contributed by atoms with Crippen LogP contribution in [-0.4, -0.2) is 26.8 Å². The molecule has 18 heavy (non-hydrogen) atoms. The molecule has 1 aromatic rings. The van der Waals surface area contributed by atoms with Crippen LogP contribution < -0.4 is 5.32 Å². The Balaban J connectivity index is 1.96. The second kappa shape index (κ2) is 5.85. The molecule has 100 valence electrons. The van der Waals surface area contributed by atoms with Gasteiger partial charge in [0.25, 0.3) is 0 Å². The highest BCUT2D eigenvalue weighted by Crippen LogP contribution is 2.16. The Morgan fingerprint density at radius 2 is 1.94 bits per heavy atom. The number of nitrogens with one attached hydrogen (secondary N) is 1. The molecule has 1 fully saturated rings. The van der Waals surface area contributed by atoms with E-state index in [2.05, 4.69) is 5.32 Å². The SMILES string of the molecule is Cc1ccc(S(=O)(=O)CCC2CCCCN2)cc1. The molecule has 0 amide bonds. The highest BCUT2D eigenvalue weighted by atomic mass is 32.2. The third-order valence-corrected chi connectivity index (χ3v) is 5.29. The molecule has 1 N–H and O–H groups in total. The first-order valence-electron chi connectivity index (χ1n) is 6.61. The van der Waals surface area contributed by atoms with Crippen molar-refractivity contribution in [2.75, 3.05) is 12.3 Å². The van der Waals surface area contributed by atoms with Gasteiger partial charge in [-0.25, -0.2) is 8.42 Å². The van der Waals surface area contributed by atoms with Gasteiger partial charge < -0.3 is 5.32 Å². The van der Waals surface area contributed by atoms with Crippen molar-refractivity contribution in [3.8, 4) is 0 Å². The largest absolute Gasteiger partial charge is 0.314 e. The standard InChI is InChI=1S/C14H21NO2S/c1-12-5-7-14(8-6-12)18(16,17)11-9-13-4-2-3-10-15-13/h5-8,13,15H,2-4,9-11H2,1H3. The molecule has 1 aliphatic rings. The topological polar surface area (TPSA) is 46.2 Å². The first-order chi connectivity index (χ1) is 8.58. The molecule has 1 aliphatic heterocycles. The molecule has 1 aromatic carbocycles. The molecule has 0 bridgehead atoms. The Kier molecular flexibility index (Phi) is 4.40. The number of hydrogen-bond donors (Lipinski definition) is 1. The molecule has 2 rings (SSSR count). The molecule has 1 saturated heterocycles. The molecule has 1 atom stereocenters. The maximum absolute atomic E-state index is 12.2. The van der Waals surface area contributed by atoms with E-state index in [1.54, 1.807) is 12.1 Å². The van der Waals surface area contributed by atoms with Gasteiger partial charge in [0, 0.05) is 6.04 Å². The predicted octanol–water partition coefficient (Wildman–Crippen LogP) is 2.30. The van der Waals surface area contributed by atoms with Crippen LogP contribution in [0.4, 0.5) is 0 Å². The maximum Gasteiger partial charge on any atom is 0.178 e. The van der Waals surface area contributed by atoms with Crippen LogP contribution >= 0.6 is 0 Å². The lowest BCUT2D eigenvalue weighted by molar-refractivity contribution is 0.392. The van der Waals surface area contributed by atoms with E-state index in [9.17, 15) is 8.42 Å². The molecule has 0 saturated carbocycles. The van der Waals surface area contributed by atoms with Crippen LogP contribution in [0.25, 0.3) is 0 Å². The van der Waals surface area contributed by atoms with Crippen LogP contribution in [0.2, 0.25) is 0 Å². The molecule has 4 heteroatoms. The number of aryl methyl sites for hydroxylation is 1. The molecule has 0 aliphatic carbocycles. The van der Waals surface area contributed by atoms with Crippen LogP contribution in [0, 0.1) is 6.92 Å². The van der Waals surface area contributed by atoms with E-state index < -0.39 is 9.84 Å². The van der Waals surface area contributed by atoms with Crippen molar-refractivity contribution in [2.24, 2.45) is 0 Å². The van der Waals surface area contributed by atoms with Gasteiger partial charge in [-0.1, -0.05) is 24.1 Å². The number of piperidine rings is 1. The van der Waals surface area contributed by atoms with Gasteiger partial charge in [0.15, 0.2) is 9.84 Å². The Labute approximate surface area is 110 Å². The Hall–Kier alpha value is -0.870. The molecule has 0 radical (unpaired) electrons. The molecular formula is C14H21NO2S. The van der Waals surface area contributed by atoms with Crippen molar-refractivity contribution < 1.29 is 8.42 Å². The Morgan fingerprint density at radius 3 is 2.56 bits per heavy atom. The van der Waals surface area contributed by atoms with Gasteiger partial charge in [-0.2, -0.15) is 0 Å². The summed E-state index contributed by atoms with van der Waals surface area (Å²) in [6.45, 7) is 2.98. The summed E-state index contributed by atoms with van der Waals surface area (Å²) in [6.07, 6.45) is 4.24. The zero-order valence-corrected chi connectivity index (χ0v) is 11.7. The van der Waals surface area contributed by atoms with E-state index in [4.69, 9.17) is 0 Å². The summed E-state index contributed by atoms with van der Waals surface area (Å²) in [6, 6.07) is 7.49. The van der Waals surface area contributed by atoms with E-state index in [0.717, 1.165) is 24.9 Å².